The van der Waals surface area contributed by atoms with E-state index in [4.69, 9.17) is 0 Å². The predicted molar refractivity (Wildman–Crippen MR) is 101 cm³/mol. The number of alkyl halides is 3. The number of anilines is 2. The lowest BCUT2D eigenvalue weighted by atomic mass is 10.1. The fourth-order valence-electron chi connectivity index (χ4n) is 2.72. The lowest BCUT2D eigenvalue weighted by Crippen LogP contribution is -3.13. The van der Waals surface area contributed by atoms with E-state index in [2.05, 4.69) is 10.6 Å². The molecular weight excluding hydrogens is 390 g/mol. The first kappa shape index (κ1) is 22.4. The van der Waals surface area contributed by atoms with Crippen molar-refractivity contribution >= 4 is 23.2 Å². The van der Waals surface area contributed by atoms with Gasteiger partial charge < -0.3 is 15.5 Å². The zero-order valence-electron chi connectivity index (χ0n) is 16.0. The van der Waals surface area contributed by atoms with Crippen molar-refractivity contribution in [2.75, 3.05) is 30.3 Å². The number of quaternary nitrogens is 1. The van der Waals surface area contributed by atoms with Gasteiger partial charge in [0, 0.05) is 0 Å². The van der Waals surface area contributed by atoms with E-state index in [0.717, 1.165) is 6.07 Å². The number of nitrogens with one attached hydrogen (secondary N) is 3. The van der Waals surface area contributed by atoms with E-state index in [9.17, 15) is 27.2 Å². The number of carbonyl (C=O) groups excluding carboxylic acids is 2. The molecule has 2 aromatic rings. The Kier molecular flexibility index (Phi) is 7.33. The van der Waals surface area contributed by atoms with Crippen LogP contribution in [0.3, 0.4) is 0 Å². The summed E-state index contributed by atoms with van der Waals surface area (Å²) in [6.07, 6.45) is -4.60. The van der Waals surface area contributed by atoms with Crippen LogP contribution in [0.15, 0.2) is 42.5 Å². The summed E-state index contributed by atoms with van der Waals surface area (Å²) in [6, 6.07) is 9.04. The highest BCUT2D eigenvalue weighted by Gasteiger charge is 2.33. The zero-order chi connectivity index (χ0) is 21.6. The topological polar surface area (TPSA) is 62.6 Å². The maximum absolute atomic E-state index is 13.8. The number of para-hydroxylation sites is 1. The molecule has 0 bridgehead atoms. The summed E-state index contributed by atoms with van der Waals surface area (Å²) in [5.41, 5.74) is -0.553. The number of hydrogen-bond acceptors (Lipinski definition) is 2. The lowest BCUT2D eigenvalue weighted by molar-refractivity contribution is -0.881. The predicted octanol–water partition coefficient (Wildman–Crippen LogP) is 2.63. The van der Waals surface area contributed by atoms with Gasteiger partial charge in [0.05, 0.1) is 23.5 Å². The van der Waals surface area contributed by atoms with Crippen LogP contribution in [0, 0.1) is 12.7 Å². The number of hydrogen-bond donors (Lipinski definition) is 3. The molecule has 156 valence electrons. The highest BCUT2D eigenvalue weighted by Crippen LogP contribution is 2.34. The maximum Gasteiger partial charge on any atom is 0.418 e. The SMILES string of the molecule is CC[NH+](CC(=O)Nc1ccc(C)cc1F)CC(=O)Nc1ccccc1C(F)(F)F. The second-order valence-corrected chi connectivity index (χ2v) is 6.58. The van der Waals surface area contributed by atoms with Gasteiger partial charge in [0.1, 0.15) is 5.82 Å². The van der Waals surface area contributed by atoms with Gasteiger partial charge in [-0.15, -0.1) is 0 Å². The Hall–Kier alpha value is -2.94. The standard InChI is InChI=1S/C20H21F4N3O2/c1-3-27(12-19(29)26-17-9-8-13(2)10-15(17)21)11-18(28)25-16-7-5-4-6-14(16)20(22,23)24/h4-10H,3,11-12H2,1-2H3,(H,25,28)(H,26,29)/p+1. The molecular formula is C20H22F4N3O2+. The minimum Gasteiger partial charge on any atom is -0.321 e. The molecule has 0 aliphatic carbocycles. The zero-order valence-corrected chi connectivity index (χ0v) is 16.0. The van der Waals surface area contributed by atoms with Gasteiger partial charge in [0.15, 0.2) is 13.1 Å². The van der Waals surface area contributed by atoms with Crippen molar-refractivity contribution in [3.05, 3.63) is 59.4 Å². The van der Waals surface area contributed by atoms with Crippen LogP contribution in [0.1, 0.15) is 18.1 Å². The van der Waals surface area contributed by atoms with Crippen LogP contribution in [-0.2, 0) is 15.8 Å². The van der Waals surface area contributed by atoms with E-state index in [1.54, 1.807) is 19.9 Å². The Balaban J connectivity index is 1.97. The highest BCUT2D eigenvalue weighted by molar-refractivity contribution is 5.93. The molecule has 1 atom stereocenters. The molecule has 9 heteroatoms. The van der Waals surface area contributed by atoms with Crippen LogP contribution in [0.2, 0.25) is 0 Å². The van der Waals surface area contributed by atoms with Crippen molar-refractivity contribution in [1.29, 1.82) is 0 Å². The van der Waals surface area contributed by atoms with Gasteiger partial charge in [-0.3, -0.25) is 9.59 Å². The van der Waals surface area contributed by atoms with Crippen LogP contribution in [-0.4, -0.2) is 31.4 Å². The summed E-state index contributed by atoms with van der Waals surface area (Å²) in [4.78, 5) is 24.9. The fraction of sp³-hybridized carbons (Fsp3) is 0.300. The van der Waals surface area contributed by atoms with E-state index in [0.29, 0.717) is 17.0 Å². The van der Waals surface area contributed by atoms with Crippen LogP contribution < -0.4 is 15.5 Å². The second-order valence-electron chi connectivity index (χ2n) is 6.58. The smallest absolute Gasteiger partial charge is 0.321 e. The summed E-state index contributed by atoms with van der Waals surface area (Å²) in [5.74, 6) is -1.74. The Morgan fingerprint density at radius 2 is 1.55 bits per heavy atom. The molecule has 0 aliphatic rings. The number of halogens is 4. The second kappa shape index (κ2) is 9.51. The molecule has 0 aliphatic heterocycles. The molecule has 2 amide bonds. The first-order valence-corrected chi connectivity index (χ1v) is 8.95. The molecule has 5 nitrogen and oxygen atoms in total. The van der Waals surface area contributed by atoms with Gasteiger partial charge in [0.2, 0.25) is 0 Å². The molecule has 2 aromatic carbocycles. The third-order valence-corrected chi connectivity index (χ3v) is 4.23. The van der Waals surface area contributed by atoms with Gasteiger partial charge in [-0.2, -0.15) is 13.2 Å². The van der Waals surface area contributed by atoms with Crippen molar-refractivity contribution in [3.8, 4) is 0 Å². The minimum absolute atomic E-state index is 0.0274. The van der Waals surface area contributed by atoms with Crippen LogP contribution >= 0.6 is 0 Å². The number of likely N-dealkylation sites (N-methyl/N-ethyl adjacent to an activating group) is 1. The molecule has 29 heavy (non-hydrogen) atoms. The normalized spacial score (nSPS) is 12.3. The molecule has 0 heterocycles. The summed E-state index contributed by atoms with van der Waals surface area (Å²) in [6.45, 7) is 3.46. The summed E-state index contributed by atoms with van der Waals surface area (Å²) >= 11 is 0. The maximum atomic E-state index is 13.8. The molecule has 0 radical (unpaired) electrons. The minimum atomic E-state index is -4.60. The van der Waals surface area contributed by atoms with Crippen molar-refractivity contribution in [2.45, 2.75) is 20.0 Å². The summed E-state index contributed by atoms with van der Waals surface area (Å²) in [5, 5.41) is 4.69. The van der Waals surface area contributed by atoms with E-state index < -0.39 is 29.4 Å². The molecule has 0 saturated carbocycles. The number of benzene rings is 2. The van der Waals surface area contributed by atoms with Gasteiger partial charge in [-0.1, -0.05) is 18.2 Å². The first-order chi connectivity index (χ1) is 13.6. The quantitative estimate of drug-likeness (QED) is 0.613. The fourth-order valence-corrected chi connectivity index (χ4v) is 2.72. The first-order valence-electron chi connectivity index (χ1n) is 8.95. The largest absolute Gasteiger partial charge is 0.418 e. The van der Waals surface area contributed by atoms with E-state index in [1.807, 2.05) is 0 Å². The molecule has 0 saturated heterocycles. The van der Waals surface area contributed by atoms with Crippen LogP contribution in [0.5, 0.6) is 0 Å². The molecule has 0 fully saturated rings. The van der Waals surface area contributed by atoms with Gasteiger partial charge >= 0.3 is 6.18 Å². The van der Waals surface area contributed by atoms with Crippen molar-refractivity contribution in [1.82, 2.24) is 0 Å². The van der Waals surface area contributed by atoms with Gasteiger partial charge in [-0.05, 0) is 43.7 Å². The Morgan fingerprint density at radius 1 is 0.966 bits per heavy atom. The average Bonchev–Trinajstić information content (AvgIpc) is 2.63. The molecule has 2 rings (SSSR count). The highest BCUT2D eigenvalue weighted by atomic mass is 19.4. The molecule has 1 unspecified atom stereocenters. The Morgan fingerprint density at radius 3 is 2.10 bits per heavy atom. The summed E-state index contributed by atoms with van der Waals surface area (Å²) < 4.78 is 52.9. The van der Waals surface area contributed by atoms with E-state index in [-0.39, 0.29) is 24.5 Å². The molecule has 0 spiro atoms. The van der Waals surface area contributed by atoms with Gasteiger partial charge in [0.25, 0.3) is 11.8 Å². The number of rotatable bonds is 7. The number of amides is 2. The van der Waals surface area contributed by atoms with E-state index in [1.165, 1.54) is 30.3 Å². The van der Waals surface area contributed by atoms with Crippen molar-refractivity contribution in [2.24, 2.45) is 0 Å². The van der Waals surface area contributed by atoms with Crippen LogP contribution in [0.25, 0.3) is 0 Å². The third-order valence-electron chi connectivity index (χ3n) is 4.23. The monoisotopic (exact) mass is 412 g/mol. The lowest BCUT2D eigenvalue weighted by Gasteiger charge is -2.18. The molecule has 3 N–H and O–H groups in total. The third kappa shape index (κ3) is 6.56. The van der Waals surface area contributed by atoms with Crippen molar-refractivity contribution < 1.29 is 32.1 Å². The Labute approximate surface area is 165 Å². The van der Waals surface area contributed by atoms with Crippen molar-refractivity contribution in [3.63, 3.8) is 0 Å². The molecule has 0 aromatic heterocycles. The van der Waals surface area contributed by atoms with Gasteiger partial charge in [-0.25, -0.2) is 4.39 Å². The number of carbonyl (C=O) groups is 2. The summed E-state index contributed by atoms with van der Waals surface area (Å²) in [7, 11) is 0. The van der Waals surface area contributed by atoms with E-state index >= 15 is 0 Å². The average molecular weight is 412 g/mol. The Bertz CT molecular complexity index is 884. The number of aryl methyl sites for hydroxylation is 1. The van der Waals surface area contributed by atoms with Crippen LogP contribution in [0.4, 0.5) is 28.9 Å².